The predicted octanol–water partition coefficient (Wildman–Crippen LogP) is 1.12. The van der Waals surface area contributed by atoms with Gasteiger partial charge in [-0.25, -0.2) is 12.7 Å². The fraction of sp³-hybridized carbons (Fsp3) is 0.923. The molecule has 1 saturated carbocycles. The Hall–Kier alpha value is -0.0900. The molecule has 0 spiro atoms. The van der Waals surface area contributed by atoms with Gasteiger partial charge in [0.15, 0.2) is 5.96 Å². The van der Waals surface area contributed by atoms with Gasteiger partial charge in [0.05, 0.1) is 5.75 Å². The summed E-state index contributed by atoms with van der Waals surface area (Å²) in [6, 6.07) is 0.464. The summed E-state index contributed by atoms with van der Waals surface area (Å²) in [6.07, 6.45) is 6.18. The minimum absolute atomic E-state index is 0. The molecule has 2 rings (SSSR count). The van der Waals surface area contributed by atoms with Crippen LogP contribution in [-0.4, -0.2) is 50.1 Å². The highest BCUT2D eigenvalue weighted by Crippen LogP contribution is 2.20. The van der Waals surface area contributed by atoms with E-state index in [4.69, 9.17) is 5.73 Å². The average Bonchev–Trinajstić information content (AvgIpc) is 2.37. The van der Waals surface area contributed by atoms with Gasteiger partial charge in [-0.05, 0) is 19.8 Å². The lowest BCUT2D eigenvalue weighted by Crippen LogP contribution is -2.52. The maximum Gasteiger partial charge on any atom is 0.213 e. The molecular formula is C13H27IN4O2S. The van der Waals surface area contributed by atoms with Gasteiger partial charge < -0.3 is 11.1 Å². The molecule has 2 fully saturated rings. The Morgan fingerprint density at radius 1 is 1.29 bits per heavy atom. The fourth-order valence-electron chi connectivity index (χ4n) is 2.78. The molecule has 21 heavy (non-hydrogen) atoms. The van der Waals surface area contributed by atoms with Gasteiger partial charge in [0.2, 0.25) is 10.0 Å². The first-order chi connectivity index (χ1) is 9.51. The van der Waals surface area contributed by atoms with Crippen molar-refractivity contribution in [2.75, 3.05) is 25.4 Å². The molecule has 0 atom stereocenters. The van der Waals surface area contributed by atoms with E-state index >= 15 is 0 Å². The third-order valence-corrected chi connectivity index (χ3v) is 5.97. The fourth-order valence-corrected chi connectivity index (χ4v) is 4.02. The van der Waals surface area contributed by atoms with Crippen LogP contribution in [0.25, 0.3) is 0 Å². The van der Waals surface area contributed by atoms with E-state index in [0.29, 0.717) is 37.6 Å². The summed E-state index contributed by atoms with van der Waals surface area (Å²) in [4.78, 5) is 4.34. The van der Waals surface area contributed by atoms with Crippen molar-refractivity contribution in [3.05, 3.63) is 0 Å². The standard InChI is InChI=1S/C13H26N4O2S.HI/c1-2-20(18,19)17-9-11(10-17)8-15-13(14)16-12-6-4-3-5-7-12;/h11-12H,2-10H2,1H3,(H3,14,15,16);1H. The molecule has 124 valence electrons. The van der Waals surface area contributed by atoms with Crippen LogP contribution in [0.2, 0.25) is 0 Å². The van der Waals surface area contributed by atoms with E-state index in [1.165, 1.54) is 36.4 Å². The topological polar surface area (TPSA) is 87.8 Å². The first kappa shape index (κ1) is 19.0. The summed E-state index contributed by atoms with van der Waals surface area (Å²) in [5.41, 5.74) is 5.89. The van der Waals surface area contributed by atoms with Crippen molar-refractivity contribution in [3.63, 3.8) is 0 Å². The normalized spacial score (nSPS) is 22.4. The molecule has 6 nitrogen and oxygen atoms in total. The molecule has 3 N–H and O–H groups in total. The highest BCUT2D eigenvalue weighted by Gasteiger charge is 2.34. The molecule has 1 saturated heterocycles. The van der Waals surface area contributed by atoms with Gasteiger partial charge in [-0.15, -0.1) is 24.0 Å². The number of nitrogens with two attached hydrogens (primary N) is 1. The van der Waals surface area contributed by atoms with Crippen LogP contribution in [0.1, 0.15) is 39.0 Å². The number of guanidine groups is 1. The maximum atomic E-state index is 11.6. The van der Waals surface area contributed by atoms with Crippen LogP contribution < -0.4 is 11.1 Å². The lowest BCUT2D eigenvalue weighted by molar-refractivity contribution is 0.208. The Morgan fingerprint density at radius 3 is 2.48 bits per heavy atom. The first-order valence-electron chi connectivity index (χ1n) is 7.55. The Morgan fingerprint density at radius 2 is 1.90 bits per heavy atom. The largest absolute Gasteiger partial charge is 0.370 e. The quantitative estimate of drug-likeness (QED) is 0.389. The summed E-state index contributed by atoms with van der Waals surface area (Å²) >= 11 is 0. The van der Waals surface area contributed by atoms with Crippen LogP contribution >= 0.6 is 24.0 Å². The number of sulfonamides is 1. The lowest BCUT2D eigenvalue weighted by Gasteiger charge is -2.37. The number of hydrogen-bond acceptors (Lipinski definition) is 3. The summed E-state index contributed by atoms with van der Waals surface area (Å²) in [7, 11) is -3.02. The monoisotopic (exact) mass is 430 g/mol. The zero-order chi connectivity index (χ0) is 14.6. The van der Waals surface area contributed by atoms with Gasteiger partial charge in [0, 0.05) is 31.6 Å². The predicted molar refractivity (Wildman–Crippen MR) is 96.4 cm³/mol. The molecule has 0 aromatic heterocycles. The molecule has 8 heteroatoms. The molecule has 1 aliphatic heterocycles. The Bertz CT molecular complexity index is 443. The summed E-state index contributed by atoms with van der Waals surface area (Å²) < 4.78 is 24.7. The van der Waals surface area contributed by atoms with Crippen LogP contribution in [-0.2, 0) is 10.0 Å². The minimum Gasteiger partial charge on any atom is -0.370 e. The van der Waals surface area contributed by atoms with Crippen LogP contribution in [0.4, 0.5) is 0 Å². The van der Waals surface area contributed by atoms with Crippen molar-refractivity contribution < 1.29 is 8.42 Å². The minimum atomic E-state index is -3.02. The molecule has 0 amide bonds. The smallest absolute Gasteiger partial charge is 0.213 e. The highest BCUT2D eigenvalue weighted by atomic mass is 127. The van der Waals surface area contributed by atoms with Crippen LogP contribution in [0.15, 0.2) is 4.99 Å². The van der Waals surface area contributed by atoms with E-state index in [1.807, 2.05) is 0 Å². The summed E-state index contributed by atoms with van der Waals surface area (Å²) in [5, 5.41) is 3.27. The summed E-state index contributed by atoms with van der Waals surface area (Å²) in [5.74, 6) is 0.991. The van der Waals surface area contributed by atoms with Crippen molar-refractivity contribution in [2.45, 2.75) is 45.1 Å². The van der Waals surface area contributed by atoms with E-state index in [1.54, 1.807) is 6.92 Å². The van der Waals surface area contributed by atoms with E-state index in [2.05, 4.69) is 10.3 Å². The molecule has 0 radical (unpaired) electrons. The average molecular weight is 430 g/mol. The number of aliphatic imine (C=N–C) groups is 1. The van der Waals surface area contributed by atoms with Gasteiger partial charge in [0.25, 0.3) is 0 Å². The Labute approximate surface area is 145 Å². The van der Waals surface area contributed by atoms with Crippen molar-refractivity contribution in [1.82, 2.24) is 9.62 Å². The third-order valence-electron chi connectivity index (χ3n) is 4.16. The molecule has 1 aliphatic carbocycles. The maximum absolute atomic E-state index is 11.6. The number of rotatable bonds is 5. The zero-order valence-corrected chi connectivity index (χ0v) is 15.8. The van der Waals surface area contributed by atoms with E-state index in [-0.39, 0.29) is 29.7 Å². The third kappa shape index (κ3) is 5.55. The Kier molecular flexibility index (Phi) is 7.69. The molecule has 2 aliphatic rings. The Balaban J connectivity index is 0.00000220. The van der Waals surface area contributed by atoms with Gasteiger partial charge in [0.1, 0.15) is 0 Å². The van der Waals surface area contributed by atoms with Crippen LogP contribution in [0.5, 0.6) is 0 Å². The SMILES string of the molecule is CCS(=O)(=O)N1CC(CN=C(N)NC2CCCCC2)C1.I. The molecule has 0 bridgehead atoms. The van der Waals surface area contributed by atoms with Gasteiger partial charge >= 0.3 is 0 Å². The van der Waals surface area contributed by atoms with Crippen molar-refractivity contribution >= 4 is 40.0 Å². The van der Waals surface area contributed by atoms with Gasteiger partial charge in [-0.1, -0.05) is 19.3 Å². The van der Waals surface area contributed by atoms with E-state index in [0.717, 1.165) is 0 Å². The second-order valence-electron chi connectivity index (χ2n) is 5.79. The molecule has 1 heterocycles. The van der Waals surface area contributed by atoms with Crippen molar-refractivity contribution in [3.8, 4) is 0 Å². The molecule has 0 aromatic rings. The van der Waals surface area contributed by atoms with Gasteiger partial charge in [-0.3, -0.25) is 4.99 Å². The van der Waals surface area contributed by atoms with E-state index in [9.17, 15) is 8.42 Å². The van der Waals surface area contributed by atoms with Crippen LogP contribution in [0, 0.1) is 5.92 Å². The van der Waals surface area contributed by atoms with Crippen molar-refractivity contribution in [1.29, 1.82) is 0 Å². The second kappa shape index (κ2) is 8.52. The molecular weight excluding hydrogens is 403 g/mol. The highest BCUT2D eigenvalue weighted by molar-refractivity contribution is 14.0. The first-order valence-corrected chi connectivity index (χ1v) is 9.16. The second-order valence-corrected chi connectivity index (χ2v) is 8.05. The number of nitrogens with zero attached hydrogens (tertiary/aromatic N) is 2. The zero-order valence-electron chi connectivity index (χ0n) is 12.6. The van der Waals surface area contributed by atoms with Gasteiger partial charge in [-0.2, -0.15) is 0 Å². The lowest BCUT2D eigenvalue weighted by atomic mass is 9.96. The summed E-state index contributed by atoms with van der Waals surface area (Å²) in [6.45, 7) is 3.45. The van der Waals surface area contributed by atoms with Crippen molar-refractivity contribution in [2.24, 2.45) is 16.6 Å². The van der Waals surface area contributed by atoms with Crippen LogP contribution in [0.3, 0.4) is 0 Å². The molecule has 0 aromatic carbocycles. The molecule has 0 unspecified atom stereocenters. The number of nitrogens with one attached hydrogen (secondary N) is 1. The number of halogens is 1. The number of hydrogen-bond donors (Lipinski definition) is 2. The van der Waals surface area contributed by atoms with E-state index < -0.39 is 10.0 Å².